The number of carboxylic acid groups (broad SMARTS) is 2. The second-order valence-electron chi connectivity index (χ2n) is 1.05. The summed E-state index contributed by atoms with van der Waals surface area (Å²) in [4.78, 5) is 18.3. The summed E-state index contributed by atoms with van der Waals surface area (Å²) in [5.41, 5.74) is 0. The molecule has 0 spiro atoms. The third kappa shape index (κ3) is 55.2. The smallest absolute Gasteiger partial charge is 0.545 e. The molecule has 4 nitrogen and oxygen atoms in total. The Morgan fingerprint density at radius 2 is 1.08 bits per heavy atom. The van der Waals surface area contributed by atoms with E-state index >= 15 is 0 Å². The van der Waals surface area contributed by atoms with Crippen LogP contribution in [0.15, 0.2) is 25.3 Å². The van der Waals surface area contributed by atoms with Crippen molar-refractivity contribution < 1.29 is 56.3 Å². The molecule has 0 atom stereocenters. The van der Waals surface area contributed by atoms with Gasteiger partial charge in [-0.2, -0.15) is 0 Å². The van der Waals surface area contributed by atoms with E-state index in [4.69, 9.17) is 19.8 Å². The molecule has 0 rings (SSSR count). The van der Waals surface area contributed by atoms with Gasteiger partial charge in [-0.1, -0.05) is 13.2 Å². The van der Waals surface area contributed by atoms with E-state index in [1.807, 2.05) is 0 Å². The second-order valence-corrected chi connectivity index (χ2v) is 1.05. The summed E-state index contributed by atoms with van der Waals surface area (Å²) in [5.74, 6) is -2.46. The van der Waals surface area contributed by atoms with E-state index in [1.54, 1.807) is 0 Å². The molecule has 1 radical (unpaired) electrons. The molecule has 0 heterocycles. The van der Waals surface area contributed by atoms with Crippen LogP contribution in [0, 0.1) is 0 Å². The summed E-state index contributed by atoms with van der Waals surface area (Å²) < 4.78 is 0. The third-order valence-electron chi connectivity index (χ3n) is 0.333. The average molecular weight is 271 g/mol. The zero-order chi connectivity index (χ0) is 8.57. The van der Waals surface area contributed by atoms with Crippen LogP contribution >= 0.6 is 0 Å². The molecule has 0 unspecified atom stereocenters. The molecule has 6 heteroatoms. The van der Waals surface area contributed by atoms with Gasteiger partial charge in [0.15, 0.2) is 0 Å². The fraction of sp³-hybridized carbons (Fsp3) is 0. The van der Waals surface area contributed by atoms with Crippen molar-refractivity contribution in [1.29, 1.82) is 0 Å². The zero-order valence-corrected chi connectivity index (χ0v) is 10.1. The molecule has 0 aliphatic heterocycles. The van der Waals surface area contributed by atoms with Crippen molar-refractivity contribution in [2.24, 2.45) is 0 Å². The van der Waals surface area contributed by atoms with Crippen LogP contribution in [0.3, 0.4) is 0 Å². The second kappa shape index (κ2) is 16.9. The van der Waals surface area contributed by atoms with Gasteiger partial charge in [0.2, 0.25) is 0 Å². The van der Waals surface area contributed by atoms with Crippen LogP contribution in [0.25, 0.3) is 0 Å². The predicted molar refractivity (Wildman–Crippen MR) is 30.4 cm³/mol. The monoisotopic (exact) mass is 269 g/mol. The number of aliphatic carboxylic acids is 2. The van der Waals surface area contributed by atoms with E-state index in [0.29, 0.717) is 0 Å². The maximum absolute atomic E-state index is 9.14. The Bertz CT molecular complexity index is 140. The summed E-state index contributed by atoms with van der Waals surface area (Å²) in [6.45, 7) is 5.80. The average Bonchev–Trinajstić information content (AvgIpc) is 1.89. The Labute approximate surface area is 93.6 Å². The molecular formula is C6H6CuO4Zn. The van der Waals surface area contributed by atoms with Gasteiger partial charge in [-0.15, -0.1) is 0 Å². The molecule has 0 saturated carbocycles. The van der Waals surface area contributed by atoms with Crippen molar-refractivity contribution in [3.63, 3.8) is 0 Å². The van der Waals surface area contributed by atoms with Crippen molar-refractivity contribution in [3.8, 4) is 0 Å². The normalized spacial score (nSPS) is 5.33. The SMILES string of the molecule is C=CC(=O)[O-].C=CC(=O)[O-].[Cu+2].[Zn]. The number of carboxylic acids is 2. The van der Waals surface area contributed by atoms with E-state index in [-0.39, 0.29) is 36.5 Å². The van der Waals surface area contributed by atoms with Gasteiger partial charge in [0.25, 0.3) is 0 Å². The number of hydrogen-bond donors (Lipinski definition) is 0. The molecule has 0 aliphatic carbocycles. The van der Waals surface area contributed by atoms with Crippen molar-refractivity contribution in [2.45, 2.75) is 0 Å². The van der Waals surface area contributed by atoms with E-state index in [2.05, 4.69) is 13.2 Å². The fourth-order valence-electron chi connectivity index (χ4n) is 0. The Hall–Kier alpha value is -0.437. The quantitative estimate of drug-likeness (QED) is 0.423. The molecule has 0 bridgehead atoms. The number of hydrogen-bond acceptors (Lipinski definition) is 4. The summed E-state index contributed by atoms with van der Waals surface area (Å²) in [5, 5.41) is 18.3. The molecule has 0 saturated heterocycles. The Kier molecular flexibility index (Phi) is 31.7. The van der Waals surface area contributed by atoms with E-state index in [0.717, 1.165) is 12.2 Å². The summed E-state index contributed by atoms with van der Waals surface area (Å²) in [6, 6.07) is 0. The minimum atomic E-state index is -1.23. The van der Waals surface area contributed by atoms with Gasteiger partial charge in [-0.05, 0) is 12.2 Å². The van der Waals surface area contributed by atoms with Crippen LogP contribution in [-0.2, 0) is 46.1 Å². The number of carbonyl (C=O) groups is 2. The van der Waals surface area contributed by atoms with Crippen LogP contribution < -0.4 is 10.2 Å². The predicted octanol–water partition coefficient (Wildman–Crippen LogP) is -2.16. The molecule has 12 heavy (non-hydrogen) atoms. The van der Waals surface area contributed by atoms with Crippen LogP contribution in [0.2, 0.25) is 0 Å². The molecule has 0 aromatic rings. The zero-order valence-electron chi connectivity index (χ0n) is 6.21. The molecular weight excluding hydrogens is 265 g/mol. The Morgan fingerprint density at radius 3 is 1.08 bits per heavy atom. The van der Waals surface area contributed by atoms with Crippen molar-refractivity contribution in [1.82, 2.24) is 0 Å². The third-order valence-corrected chi connectivity index (χ3v) is 0.333. The first-order chi connectivity index (χ1) is 4.54. The molecule has 0 aromatic heterocycles. The van der Waals surface area contributed by atoms with E-state index in [9.17, 15) is 0 Å². The van der Waals surface area contributed by atoms with Gasteiger partial charge >= 0.3 is 17.1 Å². The fourth-order valence-corrected chi connectivity index (χ4v) is 0. The van der Waals surface area contributed by atoms with Gasteiger partial charge in [-0.25, -0.2) is 0 Å². The van der Waals surface area contributed by atoms with Crippen LogP contribution in [0.4, 0.5) is 0 Å². The number of rotatable bonds is 2. The minimum absolute atomic E-state index is 0. The maximum Gasteiger partial charge on any atom is 2.00 e. The molecule has 67 valence electrons. The largest absolute Gasteiger partial charge is 2.00 e. The Morgan fingerprint density at radius 1 is 1.00 bits per heavy atom. The topological polar surface area (TPSA) is 80.3 Å². The van der Waals surface area contributed by atoms with Crippen molar-refractivity contribution in [3.05, 3.63) is 25.3 Å². The first kappa shape index (κ1) is 22.6. The molecule has 0 aromatic carbocycles. The van der Waals surface area contributed by atoms with Gasteiger partial charge in [-0.3, -0.25) is 0 Å². The molecule has 0 N–H and O–H groups in total. The van der Waals surface area contributed by atoms with Crippen LogP contribution in [0.5, 0.6) is 0 Å². The molecule has 0 aliphatic rings. The minimum Gasteiger partial charge on any atom is -0.545 e. The van der Waals surface area contributed by atoms with Gasteiger partial charge < -0.3 is 19.8 Å². The number of carbonyl (C=O) groups excluding carboxylic acids is 2. The van der Waals surface area contributed by atoms with Crippen molar-refractivity contribution in [2.75, 3.05) is 0 Å². The van der Waals surface area contributed by atoms with Crippen LogP contribution in [-0.4, -0.2) is 11.9 Å². The first-order valence-corrected chi connectivity index (χ1v) is 2.21. The Balaban J connectivity index is -0.0000000457. The van der Waals surface area contributed by atoms with E-state index in [1.165, 1.54) is 0 Å². The van der Waals surface area contributed by atoms with Gasteiger partial charge in [0.05, 0.1) is 11.9 Å². The van der Waals surface area contributed by atoms with Gasteiger partial charge in [0, 0.05) is 19.5 Å². The van der Waals surface area contributed by atoms with E-state index < -0.39 is 11.9 Å². The van der Waals surface area contributed by atoms with Gasteiger partial charge in [0.1, 0.15) is 0 Å². The maximum atomic E-state index is 9.14. The van der Waals surface area contributed by atoms with Crippen LogP contribution in [0.1, 0.15) is 0 Å². The van der Waals surface area contributed by atoms with Crippen molar-refractivity contribution >= 4 is 11.9 Å². The molecule has 0 amide bonds. The summed E-state index contributed by atoms with van der Waals surface area (Å²) >= 11 is 0. The first-order valence-electron chi connectivity index (χ1n) is 2.21. The molecule has 0 fully saturated rings. The standard InChI is InChI=1S/2C3H4O2.Cu.Zn/c2*1-2-3(4)5;;/h2*2H,1H2,(H,4,5);;/q;;+2;/p-2. The summed E-state index contributed by atoms with van der Waals surface area (Å²) in [7, 11) is 0. The summed E-state index contributed by atoms with van der Waals surface area (Å²) in [6.07, 6.45) is 1.44.